The van der Waals surface area contributed by atoms with E-state index in [0.29, 0.717) is 24.2 Å². The van der Waals surface area contributed by atoms with E-state index in [0.717, 1.165) is 100 Å². The zero-order valence-corrected chi connectivity index (χ0v) is 41.5. The van der Waals surface area contributed by atoms with Gasteiger partial charge in [0.05, 0.1) is 40.0 Å². The number of rotatable bonds is 9. The molecule has 6 heteroatoms. The van der Waals surface area contributed by atoms with Crippen LogP contribution < -0.4 is 26.2 Å². The summed E-state index contributed by atoms with van der Waals surface area (Å²) in [6.07, 6.45) is 0. The van der Waals surface area contributed by atoms with E-state index in [1.165, 1.54) is 21.9 Å². The van der Waals surface area contributed by atoms with Crippen molar-refractivity contribution in [3.05, 3.63) is 277 Å². The fourth-order valence-corrected chi connectivity index (χ4v) is 12.3. The molecule has 0 unspecified atom stereocenters. The highest BCUT2D eigenvalue weighted by Gasteiger charge is 2.44. The molecule has 2 aliphatic heterocycles. The molecule has 0 aliphatic carbocycles. The Kier molecular flexibility index (Phi) is 10.8. The van der Waals surface area contributed by atoms with Crippen molar-refractivity contribution in [2.45, 2.75) is 13.1 Å². The Morgan fingerprint density at radius 2 is 0.697 bits per heavy atom. The van der Waals surface area contributed by atoms with Crippen molar-refractivity contribution in [2.75, 3.05) is 9.80 Å². The highest BCUT2D eigenvalue weighted by atomic mass is 15.2. The maximum Gasteiger partial charge on any atom is 0.252 e. The Hall–Kier alpha value is -10.1. The van der Waals surface area contributed by atoms with Crippen LogP contribution in [0.4, 0.5) is 22.7 Å². The molecule has 12 aromatic rings. The quantitative estimate of drug-likeness (QED) is 0.135. The molecule has 3 heterocycles. The van der Waals surface area contributed by atoms with E-state index in [9.17, 15) is 10.5 Å². The van der Waals surface area contributed by atoms with Crippen molar-refractivity contribution in [3.8, 4) is 62.3 Å². The molecule has 76 heavy (non-hydrogen) atoms. The maximum atomic E-state index is 10.7. The molecule has 0 saturated carbocycles. The first-order chi connectivity index (χ1) is 37.6. The second-order valence-electron chi connectivity index (χ2n) is 19.8. The molecule has 354 valence electrons. The fourth-order valence-electron chi connectivity index (χ4n) is 12.3. The molecule has 0 radical (unpaired) electrons. The lowest BCUT2D eigenvalue weighted by molar-refractivity contribution is 0.960. The number of aromatic nitrogens is 1. The predicted octanol–water partition coefficient (Wildman–Crippen LogP) is 15.0. The van der Waals surface area contributed by atoms with Crippen LogP contribution in [0.1, 0.15) is 22.3 Å². The van der Waals surface area contributed by atoms with Crippen molar-refractivity contribution in [1.82, 2.24) is 4.57 Å². The predicted molar refractivity (Wildman–Crippen MR) is 314 cm³/mol. The number of nitrogens with zero attached hydrogens (tertiary/aromatic N) is 5. The van der Waals surface area contributed by atoms with Gasteiger partial charge in [-0.15, -0.1) is 0 Å². The average Bonchev–Trinajstić information content (AvgIpc) is 3.92. The van der Waals surface area contributed by atoms with E-state index in [-0.39, 0.29) is 6.71 Å². The van der Waals surface area contributed by atoms with E-state index in [2.05, 4.69) is 269 Å². The van der Waals surface area contributed by atoms with Crippen LogP contribution in [0.5, 0.6) is 0 Å². The number of para-hydroxylation sites is 2. The second kappa shape index (κ2) is 18.4. The second-order valence-corrected chi connectivity index (χ2v) is 19.8. The van der Waals surface area contributed by atoms with E-state index >= 15 is 0 Å². The topological polar surface area (TPSA) is 59.0 Å². The minimum Gasteiger partial charge on any atom is -0.338 e. The summed E-state index contributed by atoms with van der Waals surface area (Å²) < 4.78 is 2.44. The monoisotopic (exact) mass is 967 g/mol. The first-order valence-electron chi connectivity index (χ1n) is 25.9. The SMILES string of the molecule is N#Cc1ccc2c(c1)B1c3cc(C#N)ccc3N(Cc3c(-c4ccccc4)cccc3-c3ccccc3)c3cc(-n4c5ccccc5c5ccccc54)cc(c31)N2Cc1c(-c2ccccc2)cccc1-c1ccccc1. The normalized spacial score (nSPS) is 12.2. The van der Waals surface area contributed by atoms with Crippen LogP contribution in [0.25, 0.3) is 72.0 Å². The third kappa shape index (κ3) is 7.31. The lowest BCUT2D eigenvalue weighted by Crippen LogP contribution is -2.62. The van der Waals surface area contributed by atoms with Gasteiger partial charge in [0.2, 0.25) is 0 Å². The van der Waals surface area contributed by atoms with Gasteiger partial charge < -0.3 is 14.4 Å². The third-order valence-corrected chi connectivity index (χ3v) is 15.7. The van der Waals surface area contributed by atoms with Crippen LogP contribution in [-0.2, 0) is 13.1 Å². The number of anilines is 4. The van der Waals surface area contributed by atoms with Crippen molar-refractivity contribution < 1.29 is 0 Å². The number of benzene rings is 11. The van der Waals surface area contributed by atoms with Gasteiger partial charge in [0, 0.05) is 46.6 Å². The van der Waals surface area contributed by atoms with Crippen LogP contribution in [0.15, 0.2) is 255 Å². The summed E-state index contributed by atoms with van der Waals surface area (Å²) >= 11 is 0. The number of hydrogen-bond acceptors (Lipinski definition) is 4. The molecular formula is C70H46BN5. The summed E-state index contributed by atoms with van der Waals surface area (Å²) in [7, 11) is 0. The minimum atomic E-state index is -0.313. The summed E-state index contributed by atoms with van der Waals surface area (Å²) in [4.78, 5) is 5.03. The van der Waals surface area contributed by atoms with Crippen molar-refractivity contribution in [1.29, 1.82) is 10.5 Å². The maximum absolute atomic E-state index is 10.7. The smallest absolute Gasteiger partial charge is 0.252 e. The van der Waals surface area contributed by atoms with Crippen molar-refractivity contribution in [2.24, 2.45) is 0 Å². The van der Waals surface area contributed by atoms with Gasteiger partial charge in [0.25, 0.3) is 6.71 Å². The number of fused-ring (bicyclic) bond motifs is 7. The van der Waals surface area contributed by atoms with Gasteiger partial charge in [-0.25, -0.2) is 0 Å². The molecule has 2 aliphatic rings. The first-order valence-corrected chi connectivity index (χ1v) is 25.9. The molecule has 0 fully saturated rings. The van der Waals surface area contributed by atoms with Gasteiger partial charge in [-0.2, -0.15) is 10.5 Å². The lowest BCUT2D eigenvalue weighted by atomic mass is 9.33. The average molecular weight is 968 g/mol. The van der Waals surface area contributed by atoms with Crippen molar-refractivity contribution >= 4 is 67.7 Å². The van der Waals surface area contributed by atoms with Gasteiger partial charge in [-0.3, -0.25) is 0 Å². The summed E-state index contributed by atoms with van der Waals surface area (Å²) in [5.41, 5.74) is 23.4. The van der Waals surface area contributed by atoms with Crippen LogP contribution in [0.2, 0.25) is 0 Å². The molecular weight excluding hydrogens is 922 g/mol. The molecule has 0 saturated heterocycles. The number of nitriles is 2. The zero-order valence-electron chi connectivity index (χ0n) is 41.5. The van der Waals surface area contributed by atoms with Gasteiger partial charge in [-0.1, -0.05) is 194 Å². The Morgan fingerprint density at radius 1 is 0.342 bits per heavy atom. The highest BCUT2D eigenvalue weighted by molar-refractivity contribution is 7.00. The number of hydrogen-bond donors (Lipinski definition) is 0. The molecule has 0 spiro atoms. The molecule has 5 nitrogen and oxygen atoms in total. The molecule has 11 aromatic carbocycles. The Bertz CT molecular complexity index is 3940. The molecule has 1 aromatic heterocycles. The molecule has 0 atom stereocenters. The molecule has 0 amide bonds. The Morgan fingerprint density at radius 3 is 1.07 bits per heavy atom. The molecule has 14 rings (SSSR count). The van der Waals surface area contributed by atoms with E-state index in [4.69, 9.17) is 0 Å². The van der Waals surface area contributed by atoms with E-state index in [1.54, 1.807) is 0 Å². The summed E-state index contributed by atoms with van der Waals surface area (Å²) in [5, 5.41) is 23.8. The standard InChI is InChI=1S/C70H46BN5/c72-43-47-35-37-66-62(39-47)71-63-40-48(44-73)36-38-67(63)75(46-61-56(51-23-9-3-10-24-51)31-18-32-57(61)52-25-11-4-12-26-52)69-42-53(76-64-33-15-13-27-58(64)59-28-14-16-34-65(59)76)41-68(70(69)71)74(66)45-60-54(49-19-5-1-6-20-49)29-17-30-55(60)50-21-7-2-8-22-50/h1-42H,45-46H2. The minimum absolute atomic E-state index is 0.313. The highest BCUT2D eigenvalue weighted by Crippen LogP contribution is 2.46. The zero-order chi connectivity index (χ0) is 50.7. The van der Waals surface area contributed by atoms with Gasteiger partial charge >= 0.3 is 0 Å². The van der Waals surface area contributed by atoms with Gasteiger partial charge in [-0.05, 0) is 133 Å². The fraction of sp³-hybridized carbons (Fsp3) is 0.0286. The van der Waals surface area contributed by atoms with E-state index in [1.807, 2.05) is 12.1 Å². The summed E-state index contributed by atoms with van der Waals surface area (Å²) in [6.45, 7) is 0.723. The van der Waals surface area contributed by atoms with Gasteiger partial charge in [0.15, 0.2) is 0 Å². The van der Waals surface area contributed by atoms with E-state index < -0.39 is 0 Å². The third-order valence-electron chi connectivity index (χ3n) is 15.7. The molecule has 0 N–H and O–H groups in total. The Labute approximate surface area is 442 Å². The Balaban J connectivity index is 1.10. The lowest BCUT2D eigenvalue weighted by Gasteiger charge is -2.45. The van der Waals surface area contributed by atoms with Crippen molar-refractivity contribution in [3.63, 3.8) is 0 Å². The largest absolute Gasteiger partial charge is 0.338 e. The van der Waals surface area contributed by atoms with Crippen LogP contribution in [0.3, 0.4) is 0 Å². The van der Waals surface area contributed by atoms with Crippen LogP contribution in [-0.4, -0.2) is 11.3 Å². The van der Waals surface area contributed by atoms with Crippen LogP contribution in [0, 0.1) is 22.7 Å². The molecule has 0 bridgehead atoms. The summed E-state index contributed by atoms with van der Waals surface area (Å²) in [5.74, 6) is 0. The summed E-state index contributed by atoms with van der Waals surface area (Å²) in [6, 6.07) is 96.0. The van der Waals surface area contributed by atoms with Gasteiger partial charge in [0.1, 0.15) is 0 Å². The first kappa shape index (κ1) is 44.6. The van der Waals surface area contributed by atoms with Crippen LogP contribution >= 0.6 is 0 Å².